The molecule has 1 N–H and O–H groups in total. The molecule has 0 fully saturated rings. The Morgan fingerprint density at radius 3 is 2.59 bits per heavy atom. The first kappa shape index (κ1) is 13.8. The Labute approximate surface area is 104 Å². The van der Waals surface area contributed by atoms with E-state index in [-0.39, 0.29) is 6.04 Å². The van der Waals surface area contributed by atoms with Gasteiger partial charge in [-0.15, -0.1) is 0 Å². The summed E-state index contributed by atoms with van der Waals surface area (Å²) in [5.41, 5.74) is 1.14. The summed E-state index contributed by atoms with van der Waals surface area (Å²) in [4.78, 5) is 0. The monoisotopic (exact) mass is 237 g/mol. The van der Waals surface area contributed by atoms with Crippen LogP contribution in [0.5, 0.6) is 11.5 Å². The molecule has 0 spiro atoms. The molecular formula is C14H23NO2. The number of ether oxygens (including phenoxy) is 2. The van der Waals surface area contributed by atoms with Crippen LogP contribution in [-0.4, -0.2) is 20.8 Å². The maximum absolute atomic E-state index is 5.38. The van der Waals surface area contributed by atoms with Gasteiger partial charge in [-0.3, -0.25) is 0 Å². The fourth-order valence-corrected chi connectivity index (χ4v) is 1.78. The highest BCUT2D eigenvalue weighted by atomic mass is 16.5. The number of benzene rings is 1. The van der Waals surface area contributed by atoms with E-state index in [2.05, 4.69) is 19.2 Å². The van der Waals surface area contributed by atoms with E-state index in [1.165, 1.54) is 12.8 Å². The van der Waals surface area contributed by atoms with Gasteiger partial charge in [0.15, 0.2) is 0 Å². The summed E-state index contributed by atoms with van der Waals surface area (Å²) >= 11 is 0. The van der Waals surface area contributed by atoms with E-state index in [4.69, 9.17) is 9.47 Å². The third-order valence-electron chi connectivity index (χ3n) is 2.88. The highest BCUT2D eigenvalue weighted by Gasteiger charge is 2.11. The third-order valence-corrected chi connectivity index (χ3v) is 2.88. The Bertz CT molecular complexity index is 339. The van der Waals surface area contributed by atoms with Crippen molar-refractivity contribution in [2.75, 3.05) is 20.8 Å². The van der Waals surface area contributed by atoms with Crippen molar-refractivity contribution in [3.63, 3.8) is 0 Å². The molecule has 17 heavy (non-hydrogen) atoms. The minimum absolute atomic E-state index is 0.270. The predicted octanol–water partition coefficient (Wildman–Crippen LogP) is 3.15. The number of hydrogen-bond acceptors (Lipinski definition) is 3. The van der Waals surface area contributed by atoms with Crippen molar-refractivity contribution >= 4 is 0 Å². The Hall–Kier alpha value is -1.22. The van der Waals surface area contributed by atoms with E-state index in [1.54, 1.807) is 14.2 Å². The first-order valence-corrected chi connectivity index (χ1v) is 6.18. The normalized spacial score (nSPS) is 12.2. The molecule has 1 aromatic rings. The molecule has 0 amide bonds. The van der Waals surface area contributed by atoms with Crippen LogP contribution in [0.25, 0.3) is 0 Å². The molecule has 0 aliphatic heterocycles. The zero-order valence-electron chi connectivity index (χ0n) is 11.2. The summed E-state index contributed by atoms with van der Waals surface area (Å²) in [5, 5.41) is 3.49. The Morgan fingerprint density at radius 1 is 1.24 bits per heavy atom. The molecule has 1 atom stereocenters. The summed E-state index contributed by atoms with van der Waals surface area (Å²) < 4.78 is 10.6. The van der Waals surface area contributed by atoms with E-state index in [1.807, 2.05) is 18.2 Å². The summed E-state index contributed by atoms with van der Waals surface area (Å²) in [6.45, 7) is 5.36. The zero-order valence-corrected chi connectivity index (χ0v) is 11.2. The molecule has 0 radical (unpaired) electrons. The van der Waals surface area contributed by atoms with Crippen molar-refractivity contribution < 1.29 is 9.47 Å². The lowest BCUT2D eigenvalue weighted by atomic mass is 10.1. The number of rotatable bonds is 7. The average molecular weight is 237 g/mol. The summed E-state index contributed by atoms with van der Waals surface area (Å²) in [5.74, 6) is 1.77. The molecular weight excluding hydrogens is 214 g/mol. The van der Waals surface area contributed by atoms with Crippen molar-refractivity contribution in [1.29, 1.82) is 0 Å². The van der Waals surface area contributed by atoms with Crippen molar-refractivity contribution in [3.8, 4) is 11.5 Å². The molecule has 0 bridgehead atoms. The van der Waals surface area contributed by atoms with Gasteiger partial charge in [0.2, 0.25) is 0 Å². The predicted molar refractivity (Wildman–Crippen MR) is 70.9 cm³/mol. The number of unbranched alkanes of at least 4 members (excludes halogenated alkanes) is 1. The van der Waals surface area contributed by atoms with E-state index in [0.717, 1.165) is 23.6 Å². The first-order chi connectivity index (χ1) is 8.22. The average Bonchev–Trinajstić information content (AvgIpc) is 2.38. The molecule has 0 saturated carbocycles. The Morgan fingerprint density at radius 2 is 2.00 bits per heavy atom. The number of hydrogen-bond donors (Lipinski definition) is 1. The highest BCUT2D eigenvalue weighted by molar-refractivity contribution is 5.42. The van der Waals surface area contributed by atoms with Gasteiger partial charge < -0.3 is 14.8 Å². The van der Waals surface area contributed by atoms with Gasteiger partial charge in [0.25, 0.3) is 0 Å². The van der Waals surface area contributed by atoms with Gasteiger partial charge in [-0.25, -0.2) is 0 Å². The lowest BCUT2D eigenvalue weighted by molar-refractivity contribution is 0.391. The number of nitrogens with one attached hydrogen (secondary N) is 1. The smallest absolute Gasteiger partial charge is 0.123 e. The van der Waals surface area contributed by atoms with Gasteiger partial charge in [0.1, 0.15) is 11.5 Å². The molecule has 3 nitrogen and oxygen atoms in total. The Balaban J connectivity index is 2.78. The van der Waals surface area contributed by atoms with Crippen molar-refractivity contribution in [2.24, 2.45) is 0 Å². The Kier molecular flexibility index (Phi) is 5.84. The van der Waals surface area contributed by atoms with Crippen molar-refractivity contribution in [1.82, 2.24) is 5.32 Å². The quantitative estimate of drug-likeness (QED) is 0.739. The maximum atomic E-state index is 5.38. The van der Waals surface area contributed by atoms with Gasteiger partial charge in [0, 0.05) is 11.6 Å². The fraction of sp³-hybridized carbons (Fsp3) is 0.571. The van der Waals surface area contributed by atoms with Crippen molar-refractivity contribution in [2.45, 2.75) is 32.7 Å². The van der Waals surface area contributed by atoms with Gasteiger partial charge in [-0.2, -0.15) is 0 Å². The molecule has 0 aromatic heterocycles. The molecule has 0 saturated heterocycles. The molecule has 1 aromatic carbocycles. The van der Waals surface area contributed by atoms with Crippen LogP contribution in [0.1, 0.15) is 38.3 Å². The standard InChI is InChI=1S/C14H23NO2/c1-5-6-9-15-11(2)13-10-12(16-3)7-8-14(13)17-4/h7-8,10-11,15H,5-6,9H2,1-4H3. The fourth-order valence-electron chi connectivity index (χ4n) is 1.78. The van der Waals surface area contributed by atoms with E-state index in [9.17, 15) is 0 Å². The van der Waals surface area contributed by atoms with E-state index < -0.39 is 0 Å². The highest BCUT2D eigenvalue weighted by Crippen LogP contribution is 2.29. The molecule has 96 valence electrons. The van der Waals surface area contributed by atoms with Gasteiger partial charge in [-0.1, -0.05) is 13.3 Å². The van der Waals surface area contributed by atoms with Crippen LogP contribution in [0.2, 0.25) is 0 Å². The molecule has 0 heterocycles. The topological polar surface area (TPSA) is 30.5 Å². The van der Waals surface area contributed by atoms with E-state index in [0.29, 0.717) is 0 Å². The van der Waals surface area contributed by atoms with Crippen LogP contribution in [0.3, 0.4) is 0 Å². The lowest BCUT2D eigenvalue weighted by Crippen LogP contribution is -2.20. The largest absolute Gasteiger partial charge is 0.497 e. The minimum atomic E-state index is 0.270. The number of methoxy groups -OCH3 is 2. The SMILES string of the molecule is CCCCNC(C)c1cc(OC)ccc1OC. The van der Waals surface area contributed by atoms with Crippen LogP contribution < -0.4 is 14.8 Å². The van der Waals surface area contributed by atoms with Crippen LogP contribution in [-0.2, 0) is 0 Å². The molecule has 0 aliphatic rings. The summed E-state index contributed by atoms with van der Waals surface area (Å²) in [6.07, 6.45) is 2.39. The molecule has 1 unspecified atom stereocenters. The van der Waals surface area contributed by atoms with Gasteiger partial charge in [-0.05, 0) is 38.1 Å². The summed E-state index contributed by atoms with van der Waals surface area (Å²) in [7, 11) is 3.38. The van der Waals surface area contributed by atoms with Gasteiger partial charge in [0.05, 0.1) is 14.2 Å². The molecule has 3 heteroatoms. The second kappa shape index (κ2) is 7.17. The lowest BCUT2D eigenvalue weighted by Gasteiger charge is -2.18. The second-order valence-electron chi connectivity index (χ2n) is 4.14. The van der Waals surface area contributed by atoms with E-state index >= 15 is 0 Å². The summed E-state index contributed by atoms with van der Waals surface area (Å²) in [6, 6.07) is 6.17. The maximum Gasteiger partial charge on any atom is 0.123 e. The van der Waals surface area contributed by atoms with Gasteiger partial charge >= 0.3 is 0 Å². The third kappa shape index (κ3) is 3.93. The molecule has 1 rings (SSSR count). The van der Waals surface area contributed by atoms with Crippen LogP contribution in [0.4, 0.5) is 0 Å². The minimum Gasteiger partial charge on any atom is -0.497 e. The first-order valence-electron chi connectivity index (χ1n) is 6.18. The van der Waals surface area contributed by atoms with Crippen LogP contribution >= 0.6 is 0 Å². The van der Waals surface area contributed by atoms with Crippen LogP contribution in [0, 0.1) is 0 Å². The van der Waals surface area contributed by atoms with Crippen molar-refractivity contribution in [3.05, 3.63) is 23.8 Å². The zero-order chi connectivity index (χ0) is 12.7. The van der Waals surface area contributed by atoms with Crippen LogP contribution in [0.15, 0.2) is 18.2 Å². The second-order valence-corrected chi connectivity index (χ2v) is 4.14. The molecule has 0 aliphatic carbocycles.